The van der Waals surface area contributed by atoms with Crippen LogP contribution in [0.5, 0.6) is 0 Å². The summed E-state index contributed by atoms with van der Waals surface area (Å²) in [4.78, 5) is 30.0. The van der Waals surface area contributed by atoms with E-state index in [2.05, 4.69) is 15.2 Å². The zero-order valence-electron chi connectivity index (χ0n) is 16.4. The number of carbonyl (C=O) groups excluding carboxylic acids is 2. The molecule has 2 aromatic rings. The molecule has 1 saturated heterocycles. The largest absolute Gasteiger partial charge is 0.444 e. The van der Waals surface area contributed by atoms with Gasteiger partial charge < -0.3 is 15.0 Å². The van der Waals surface area contributed by atoms with Crippen LogP contribution in [0.4, 0.5) is 4.79 Å². The van der Waals surface area contributed by atoms with Gasteiger partial charge in [-0.3, -0.25) is 9.69 Å². The Morgan fingerprint density at radius 1 is 1.30 bits per heavy atom. The first kappa shape index (κ1) is 19.4. The number of para-hydroxylation sites is 1. The summed E-state index contributed by atoms with van der Waals surface area (Å²) in [5.74, 6) is 0.468. The molecule has 0 radical (unpaired) electrons. The van der Waals surface area contributed by atoms with E-state index in [1.165, 1.54) is 0 Å². The zero-order valence-corrected chi connectivity index (χ0v) is 16.4. The number of Topliss-reactive ketones (excluding diaryl/α,β-unsaturated/α-hetero) is 1. The van der Waals surface area contributed by atoms with Gasteiger partial charge in [0.05, 0.1) is 6.54 Å². The Labute approximate surface area is 160 Å². The highest BCUT2D eigenvalue weighted by atomic mass is 16.6. The van der Waals surface area contributed by atoms with Crippen molar-refractivity contribution < 1.29 is 14.3 Å². The van der Waals surface area contributed by atoms with Crippen molar-refractivity contribution in [2.24, 2.45) is 5.92 Å². The molecule has 0 bridgehead atoms. The first-order chi connectivity index (χ1) is 12.8. The number of aromatic amines is 1. The molecule has 1 aliphatic heterocycles. The van der Waals surface area contributed by atoms with Gasteiger partial charge in [-0.15, -0.1) is 0 Å². The molecule has 1 aromatic heterocycles. The van der Waals surface area contributed by atoms with E-state index in [9.17, 15) is 9.59 Å². The summed E-state index contributed by atoms with van der Waals surface area (Å²) in [6.07, 6.45) is 3.50. The number of nitrogens with one attached hydrogen (secondary N) is 2. The van der Waals surface area contributed by atoms with Crippen LogP contribution in [-0.2, 0) is 4.74 Å². The monoisotopic (exact) mass is 371 g/mol. The molecule has 2 N–H and O–H groups in total. The van der Waals surface area contributed by atoms with E-state index in [-0.39, 0.29) is 11.9 Å². The number of H-pyrrole nitrogens is 1. The fourth-order valence-electron chi connectivity index (χ4n) is 3.59. The van der Waals surface area contributed by atoms with Gasteiger partial charge in [0.2, 0.25) is 0 Å². The van der Waals surface area contributed by atoms with Crippen molar-refractivity contribution >= 4 is 22.8 Å². The maximum absolute atomic E-state index is 12.8. The molecule has 0 aliphatic carbocycles. The molecule has 6 nitrogen and oxygen atoms in total. The van der Waals surface area contributed by atoms with E-state index in [4.69, 9.17) is 4.74 Å². The molecule has 1 fully saturated rings. The van der Waals surface area contributed by atoms with Crippen LogP contribution >= 0.6 is 0 Å². The van der Waals surface area contributed by atoms with E-state index in [0.717, 1.165) is 42.4 Å². The van der Waals surface area contributed by atoms with Gasteiger partial charge in [0.1, 0.15) is 5.60 Å². The minimum Gasteiger partial charge on any atom is -0.444 e. The SMILES string of the molecule is CC(C)(C)OC(=O)NCC1CCCN(CC(=O)c2c[nH]c3ccccc23)C1. The van der Waals surface area contributed by atoms with Crippen LogP contribution in [0.15, 0.2) is 30.5 Å². The number of nitrogens with zero attached hydrogens (tertiary/aromatic N) is 1. The molecule has 1 unspecified atom stereocenters. The number of rotatable bonds is 5. The van der Waals surface area contributed by atoms with Gasteiger partial charge in [0.25, 0.3) is 0 Å². The molecule has 0 saturated carbocycles. The third-order valence-corrected chi connectivity index (χ3v) is 4.79. The summed E-state index contributed by atoms with van der Waals surface area (Å²) in [5, 5.41) is 3.83. The van der Waals surface area contributed by atoms with Crippen LogP contribution in [-0.4, -0.2) is 53.5 Å². The van der Waals surface area contributed by atoms with Crippen molar-refractivity contribution in [1.82, 2.24) is 15.2 Å². The summed E-state index contributed by atoms with van der Waals surface area (Å²) in [6, 6.07) is 7.86. The smallest absolute Gasteiger partial charge is 0.407 e. The predicted octanol–water partition coefficient (Wildman–Crippen LogP) is 3.59. The van der Waals surface area contributed by atoms with Gasteiger partial charge in [-0.2, -0.15) is 0 Å². The minimum atomic E-state index is -0.492. The average molecular weight is 371 g/mol. The number of amides is 1. The van der Waals surface area contributed by atoms with Gasteiger partial charge in [-0.25, -0.2) is 4.79 Å². The number of alkyl carbamates (subject to hydrolysis) is 1. The first-order valence-corrected chi connectivity index (χ1v) is 9.60. The molecule has 1 atom stereocenters. The number of hydrogen-bond donors (Lipinski definition) is 2. The summed E-state index contributed by atoms with van der Waals surface area (Å²) in [6.45, 7) is 8.26. The second kappa shape index (κ2) is 8.13. The number of ether oxygens (including phenoxy) is 1. The third-order valence-electron chi connectivity index (χ3n) is 4.79. The summed E-state index contributed by atoms with van der Waals surface area (Å²) >= 11 is 0. The molecule has 27 heavy (non-hydrogen) atoms. The molecule has 0 spiro atoms. The number of carbonyl (C=O) groups is 2. The van der Waals surface area contributed by atoms with Crippen molar-refractivity contribution in [3.63, 3.8) is 0 Å². The molecule has 2 heterocycles. The summed E-state index contributed by atoms with van der Waals surface area (Å²) < 4.78 is 5.29. The van der Waals surface area contributed by atoms with Crippen LogP contribution < -0.4 is 5.32 Å². The highest BCUT2D eigenvalue weighted by molar-refractivity contribution is 6.08. The predicted molar refractivity (Wildman–Crippen MR) is 106 cm³/mol. The standard InChI is InChI=1S/C21H29N3O3/c1-21(2,3)27-20(26)23-11-15-7-6-10-24(13-15)14-19(25)17-12-22-18-9-5-4-8-16(17)18/h4-5,8-9,12,15,22H,6-7,10-11,13-14H2,1-3H3,(H,23,26). The fraction of sp³-hybridized carbons (Fsp3) is 0.524. The van der Waals surface area contributed by atoms with Crippen LogP contribution in [0.25, 0.3) is 10.9 Å². The number of aromatic nitrogens is 1. The molecule has 3 rings (SSSR count). The normalized spacial score (nSPS) is 18.4. The number of fused-ring (bicyclic) bond motifs is 1. The lowest BCUT2D eigenvalue weighted by atomic mass is 9.97. The van der Waals surface area contributed by atoms with E-state index >= 15 is 0 Å². The summed E-state index contributed by atoms with van der Waals surface area (Å²) in [7, 11) is 0. The molecule has 1 aromatic carbocycles. The number of benzene rings is 1. The first-order valence-electron chi connectivity index (χ1n) is 9.60. The Morgan fingerprint density at radius 3 is 2.85 bits per heavy atom. The van der Waals surface area contributed by atoms with E-state index in [0.29, 0.717) is 19.0 Å². The average Bonchev–Trinajstić information content (AvgIpc) is 3.03. The molecule has 146 valence electrons. The van der Waals surface area contributed by atoms with Gasteiger partial charge in [0, 0.05) is 35.8 Å². The maximum atomic E-state index is 12.8. The highest BCUT2D eigenvalue weighted by Gasteiger charge is 2.24. The van der Waals surface area contributed by atoms with E-state index in [1.807, 2.05) is 45.0 Å². The Morgan fingerprint density at radius 2 is 2.07 bits per heavy atom. The van der Waals surface area contributed by atoms with Gasteiger partial charge in [0.15, 0.2) is 5.78 Å². The van der Waals surface area contributed by atoms with Crippen LogP contribution in [0.2, 0.25) is 0 Å². The number of hydrogen-bond acceptors (Lipinski definition) is 4. The van der Waals surface area contributed by atoms with Crippen LogP contribution in [0.3, 0.4) is 0 Å². The zero-order chi connectivity index (χ0) is 19.4. The van der Waals surface area contributed by atoms with E-state index in [1.54, 1.807) is 6.20 Å². The summed E-state index contributed by atoms with van der Waals surface area (Å²) in [5.41, 5.74) is 1.24. The van der Waals surface area contributed by atoms with Crippen LogP contribution in [0.1, 0.15) is 44.0 Å². The second-order valence-corrected chi connectivity index (χ2v) is 8.30. The lowest BCUT2D eigenvalue weighted by molar-refractivity contribution is 0.0504. The fourth-order valence-corrected chi connectivity index (χ4v) is 3.59. The number of likely N-dealkylation sites (tertiary alicyclic amines) is 1. The topological polar surface area (TPSA) is 74.4 Å². The quantitative estimate of drug-likeness (QED) is 0.788. The lowest BCUT2D eigenvalue weighted by Crippen LogP contribution is -2.43. The molecular weight excluding hydrogens is 342 g/mol. The van der Waals surface area contributed by atoms with Crippen molar-refractivity contribution in [3.05, 3.63) is 36.0 Å². The van der Waals surface area contributed by atoms with Crippen molar-refractivity contribution in [3.8, 4) is 0 Å². The van der Waals surface area contributed by atoms with E-state index < -0.39 is 5.60 Å². The van der Waals surface area contributed by atoms with Crippen LogP contribution in [0, 0.1) is 5.92 Å². The lowest BCUT2D eigenvalue weighted by Gasteiger charge is -2.32. The molecule has 1 amide bonds. The third kappa shape index (κ3) is 5.32. The maximum Gasteiger partial charge on any atom is 0.407 e. The van der Waals surface area contributed by atoms with Gasteiger partial charge in [-0.05, 0) is 52.1 Å². The Hall–Kier alpha value is -2.34. The highest BCUT2D eigenvalue weighted by Crippen LogP contribution is 2.20. The molecular formula is C21H29N3O3. The Balaban J connectivity index is 1.52. The van der Waals surface area contributed by atoms with Crippen molar-refractivity contribution in [2.45, 2.75) is 39.2 Å². The number of piperidine rings is 1. The second-order valence-electron chi connectivity index (χ2n) is 8.30. The van der Waals surface area contributed by atoms with Gasteiger partial charge in [-0.1, -0.05) is 18.2 Å². The molecule has 1 aliphatic rings. The minimum absolute atomic E-state index is 0.133. The number of ketones is 1. The Kier molecular flexibility index (Phi) is 5.85. The Bertz CT molecular complexity index is 806. The van der Waals surface area contributed by atoms with Crippen molar-refractivity contribution in [1.29, 1.82) is 0 Å². The van der Waals surface area contributed by atoms with Crippen molar-refractivity contribution in [2.75, 3.05) is 26.2 Å². The van der Waals surface area contributed by atoms with Gasteiger partial charge >= 0.3 is 6.09 Å². The molecule has 6 heteroatoms.